The van der Waals surface area contributed by atoms with Gasteiger partial charge in [-0.25, -0.2) is 22.0 Å². The van der Waals surface area contributed by atoms with Crippen LogP contribution in [0.25, 0.3) is 0 Å². The summed E-state index contributed by atoms with van der Waals surface area (Å²) < 4.78 is 65.1. The van der Waals surface area contributed by atoms with Gasteiger partial charge in [-0.05, 0) is 6.42 Å². The quantitative estimate of drug-likeness (QED) is 0.426. The molecule has 1 aliphatic heterocycles. The van der Waals surface area contributed by atoms with E-state index in [9.17, 15) is 26.7 Å². The van der Waals surface area contributed by atoms with Crippen LogP contribution in [0.15, 0.2) is 0 Å². The van der Waals surface area contributed by atoms with Crippen LogP contribution in [0.2, 0.25) is 0 Å². The molecule has 0 saturated carbocycles. The van der Waals surface area contributed by atoms with E-state index in [0.29, 0.717) is 11.3 Å². The molecule has 2 rings (SSSR count). The van der Waals surface area contributed by atoms with Gasteiger partial charge in [0.2, 0.25) is 11.7 Å². The third-order valence-corrected chi connectivity index (χ3v) is 2.53. The molecule has 0 radical (unpaired) electrons. The highest BCUT2D eigenvalue weighted by molar-refractivity contribution is 5.95. The maximum Gasteiger partial charge on any atom is 0.227 e. The number of hydrogen-bond donors (Lipinski definition) is 0. The van der Waals surface area contributed by atoms with Gasteiger partial charge in [-0.1, -0.05) is 0 Å². The molecule has 92 valence electrons. The highest BCUT2D eigenvalue weighted by Gasteiger charge is 2.33. The van der Waals surface area contributed by atoms with Crippen LogP contribution in [0, 0.1) is 29.1 Å². The minimum atomic E-state index is -2.23. The van der Waals surface area contributed by atoms with Crippen molar-refractivity contribution in [3.63, 3.8) is 0 Å². The smallest absolute Gasteiger partial charge is 0.227 e. The number of hydrogen-bond acceptors (Lipinski definition) is 1. The average molecular weight is 251 g/mol. The van der Waals surface area contributed by atoms with Crippen LogP contribution < -0.4 is 4.90 Å². The van der Waals surface area contributed by atoms with Gasteiger partial charge in [-0.3, -0.25) is 4.79 Å². The topological polar surface area (TPSA) is 20.3 Å². The molecule has 0 aliphatic carbocycles. The molecule has 7 heteroatoms. The van der Waals surface area contributed by atoms with Crippen molar-refractivity contribution >= 4 is 11.6 Å². The van der Waals surface area contributed by atoms with Crippen LogP contribution in [0.1, 0.15) is 12.8 Å². The van der Waals surface area contributed by atoms with Crippen molar-refractivity contribution in [2.24, 2.45) is 0 Å². The van der Waals surface area contributed by atoms with Crippen LogP contribution >= 0.6 is 0 Å². The van der Waals surface area contributed by atoms with Gasteiger partial charge in [0, 0.05) is 13.0 Å². The first kappa shape index (κ1) is 11.8. The second-order valence-electron chi connectivity index (χ2n) is 3.57. The lowest BCUT2D eigenvalue weighted by Gasteiger charge is -2.18. The van der Waals surface area contributed by atoms with Gasteiger partial charge in [0.25, 0.3) is 0 Å². The monoisotopic (exact) mass is 251 g/mol. The molecule has 1 saturated heterocycles. The Morgan fingerprint density at radius 3 is 1.71 bits per heavy atom. The summed E-state index contributed by atoms with van der Waals surface area (Å²) in [5, 5.41) is 0. The van der Waals surface area contributed by atoms with Crippen molar-refractivity contribution in [1.29, 1.82) is 0 Å². The van der Waals surface area contributed by atoms with Gasteiger partial charge in [-0.2, -0.15) is 0 Å². The maximum absolute atomic E-state index is 13.3. The van der Waals surface area contributed by atoms with Crippen LogP contribution in [-0.2, 0) is 4.79 Å². The zero-order valence-corrected chi connectivity index (χ0v) is 8.37. The molecule has 0 N–H and O–H groups in total. The second kappa shape index (κ2) is 3.97. The molecule has 0 atom stereocenters. The highest BCUT2D eigenvalue weighted by Crippen LogP contribution is 2.32. The molecule has 1 aliphatic rings. The predicted molar refractivity (Wildman–Crippen MR) is 47.8 cm³/mol. The Bertz CT molecular complexity index is 473. The number of rotatable bonds is 1. The lowest BCUT2D eigenvalue weighted by molar-refractivity contribution is -0.117. The summed E-state index contributed by atoms with van der Waals surface area (Å²) in [6, 6.07) is 0. The number of benzene rings is 1. The molecule has 1 aromatic rings. The maximum atomic E-state index is 13.3. The van der Waals surface area contributed by atoms with Crippen molar-refractivity contribution in [2.45, 2.75) is 12.8 Å². The molecule has 1 amide bonds. The Hall–Kier alpha value is -1.66. The highest BCUT2D eigenvalue weighted by atomic mass is 19.2. The molecule has 0 aromatic heterocycles. The first-order valence-electron chi connectivity index (χ1n) is 4.77. The number of carbonyl (C=O) groups is 1. The summed E-state index contributed by atoms with van der Waals surface area (Å²) in [6.45, 7) is -0.0583. The standard InChI is InChI=1S/C10H6F5NO/c11-5-6(12)8(14)10(9(15)7(5)13)16-3-1-2-4(16)17/h1-3H2. The SMILES string of the molecule is O=C1CCCN1c1c(F)c(F)c(F)c(F)c1F. The van der Waals surface area contributed by atoms with Gasteiger partial charge in [0.05, 0.1) is 0 Å². The first-order chi connectivity index (χ1) is 7.95. The van der Waals surface area contributed by atoms with Crippen LogP contribution in [0.4, 0.5) is 27.6 Å². The normalized spacial score (nSPS) is 15.8. The molecular weight excluding hydrogens is 245 g/mol. The third-order valence-electron chi connectivity index (χ3n) is 2.53. The molecular formula is C10H6F5NO. The minimum Gasteiger partial charge on any atom is -0.307 e. The van der Waals surface area contributed by atoms with Crippen molar-refractivity contribution in [3.8, 4) is 0 Å². The Balaban J connectivity index is 2.65. The fraction of sp³-hybridized carbons (Fsp3) is 0.300. The lowest BCUT2D eigenvalue weighted by atomic mass is 10.2. The zero-order chi connectivity index (χ0) is 12.7. The van der Waals surface area contributed by atoms with Gasteiger partial charge < -0.3 is 4.90 Å². The van der Waals surface area contributed by atoms with Gasteiger partial charge in [0.15, 0.2) is 23.3 Å². The van der Waals surface area contributed by atoms with Crippen molar-refractivity contribution in [1.82, 2.24) is 0 Å². The molecule has 2 nitrogen and oxygen atoms in total. The Morgan fingerprint density at radius 2 is 1.29 bits per heavy atom. The summed E-state index contributed by atoms with van der Waals surface area (Å²) in [5.41, 5.74) is -1.16. The Labute approximate surface area is 92.6 Å². The predicted octanol–water partition coefficient (Wildman–Crippen LogP) is 2.51. The van der Waals surface area contributed by atoms with Crippen LogP contribution in [0.5, 0.6) is 0 Å². The van der Waals surface area contributed by atoms with Gasteiger partial charge in [-0.15, -0.1) is 0 Å². The van der Waals surface area contributed by atoms with Gasteiger partial charge in [0.1, 0.15) is 5.69 Å². The van der Waals surface area contributed by atoms with E-state index in [1.807, 2.05) is 0 Å². The molecule has 1 heterocycles. The van der Waals surface area contributed by atoms with E-state index >= 15 is 0 Å². The number of carbonyl (C=O) groups excluding carboxylic acids is 1. The molecule has 0 bridgehead atoms. The van der Waals surface area contributed by atoms with Crippen LogP contribution in [-0.4, -0.2) is 12.5 Å². The van der Waals surface area contributed by atoms with E-state index in [1.54, 1.807) is 0 Å². The largest absolute Gasteiger partial charge is 0.307 e. The summed E-state index contributed by atoms with van der Waals surface area (Å²) in [7, 11) is 0. The van der Waals surface area contributed by atoms with E-state index in [4.69, 9.17) is 0 Å². The van der Waals surface area contributed by atoms with E-state index in [0.717, 1.165) is 0 Å². The molecule has 0 unspecified atom stereocenters. The minimum absolute atomic E-state index is 0.0273. The van der Waals surface area contributed by atoms with E-state index < -0.39 is 40.7 Å². The Kier molecular flexibility index (Phi) is 2.76. The van der Waals surface area contributed by atoms with E-state index in [1.165, 1.54) is 0 Å². The molecule has 0 spiro atoms. The summed E-state index contributed by atoms with van der Waals surface area (Å²) in [5.74, 6) is -10.9. The molecule has 1 fully saturated rings. The molecule has 1 aromatic carbocycles. The second-order valence-corrected chi connectivity index (χ2v) is 3.57. The van der Waals surface area contributed by atoms with Crippen molar-refractivity contribution in [3.05, 3.63) is 29.1 Å². The fourth-order valence-electron chi connectivity index (χ4n) is 1.71. The summed E-state index contributed by atoms with van der Waals surface area (Å²) >= 11 is 0. The zero-order valence-electron chi connectivity index (χ0n) is 8.37. The number of amides is 1. The van der Waals surface area contributed by atoms with Crippen molar-refractivity contribution < 1.29 is 26.7 Å². The average Bonchev–Trinajstić information content (AvgIpc) is 2.71. The summed E-state index contributed by atoms with van der Waals surface area (Å²) in [4.78, 5) is 11.8. The van der Waals surface area contributed by atoms with Gasteiger partial charge >= 0.3 is 0 Å². The van der Waals surface area contributed by atoms with Crippen molar-refractivity contribution in [2.75, 3.05) is 11.4 Å². The summed E-state index contributed by atoms with van der Waals surface area (Å²) in [6.07, 6.45) is 0.345. The lowest BCUT2D eigenvalue weighted by Crippen LogP contribution is -2.27. The van der Waals surface area contributed by atoms with E-state index in [2.05, 4.69) is 0 Å². The fourth-order valence-corrected chi connectivity index (χ4v) is 1.71. The Morgan fingerprint density at radius 1 is 0.824 bits per heavy atom. The number of halogens is 5. The first-order valence-corrected chi connectivity index (χ1v) is 4.77. The third kappa shape index (κ3) is 1.65. The van der Waals surface area contributed by atoms with E-state index in [-0.39, 0.29) is 13.0 Å². The number of nitrogens with zero attached hydrogens (tertiary/aromatic N) is 1. The number of anilines is 1. The van der Waals surface area contributed by atoms with Crippen LogP contribution in [0.3, 0.4) is 0 Å². The molecule has 17 heavy (non-hydrogen) atoms.